The molecule has 1 aromatic carbocycles. The van der Waals surface area contributed by atoms with Gasteiger partial charge in [0, 0.05) is 5.56 Å². The number of halogens is 1. The number of aliphatic hydroxyl groups excluding tert-OH is 1. The highest BCUT2D eigenvalue weighted by atomic mass is 35.5. The molecule has 2 rings (SSSR count). The summed E-state index contributed by atoms with van der Waals surface area (Å²) < 4.78 is 0. The van der Waals surface area contributed by atoms with Crippen LogP contribution in [0.4, 0.5) is 5.69 Å². The normalized spacial score (nSPS) is 9.75. The summed E-state index contributed by atoms with van der Waals surface area (Å²) in [6.45, 7) is 1.56. The van der Waals surface area contributed by atoms with Gasteiger partial charge in [0.25, 0.3) is 5.91 Å². The molecule has 0 atom stereocenters. The van der Waals surface area contributed by atoms with Gasteiger partial charge in [-0.2, -0.15) is 0 Å². The number of hydrogen-bond donors (Lipinski definition) is 2. The molecule has 1 amide bonds. The SMILES string of the molecule is Cc1ncsc1C(=O)Nc1cc(C#CCO)ccc1Cl. The van der Waals surface area contributed by atoms with E-state index in [2.05, 4.69) is 22.1 Å². The quantitative estimate of drug-likeness (QED) is 0.839. The number of nitrogens with one attached hydrogen (secondary N) is 1. The van der Waals surface area contributed by atoms with Crippen molar-refractivity contribution in [3.63, 3.8) is 0 Å². The van der Waals surface area contributed by atoms with Crippen molar-refractivity contribution in [3.05, 3.63) is 44.9 Å². The fraction of sp³-hybridized carbons (Fsp3) is 0.143. The Morgan fingerprint density at radius 3 is 3.00 bits per heavy atom. The Kier molecular flexibility index (Phi) is 4.74. The van der Waals surface area contributed by atoms with Gasteiger partial charge in [0.05, 0.1) is 21.9 Å². The number of aliphatic hydroxyl groups is 1. The molecule has 0 saturated heterocycles. The van der Waals surface area contributed by atoms with Crippen molar-refractivity contribution >= 4 is 34.5 Å². The summed E-state index contributed by atoms with van der Waals surface area (Å²) in [4.78, 5) is 16.7. The van der Waals surface area contributed by atoms with Gasteiger partial charge in [-0.25, -0.2) is 4.98 Å². The Labute approximate surface area is 125 Å². The first-order chi connectivity index (χ1) is 9.61. The minimum Gasteiger partial charge on any atom is -0.384 e. The standard InChI is InChI=1S/C14H11ClN2O2S/c1-9-13(20-8-16-9)14(19)17-12-7-10(3-2-6-18)4-5-11(12)15/h4-5,7-8,18H,6H2,1H3,(H,17,19). The molecule has 0 aliphatic rings. The van der Waals surface area contributed by atoms with E-state index in [1.165, 1.54) is 11.3 Å². The number of aromatic nitrogens is 1. The number of aryl methyl sites for hydroxylation is 1. The molecule has 0 unspecified atom stereocenters. The number of carbonyl (C=O) groups is 1. The van der Waals surface area contributed by atoms with Gasteiger partial charge in [-0.3, -0.25) is 4.79 Å². The Morgan fingerprint density at radius 1 is 1.55 bits per heavy atom. The maximum atomic E-state index is 12.1. The molecule has 0 aliphatic carbocycles. The molecule has 0 saturated carbocycles. The predicted octanol–water partition coefficient (Wildman–Crippen LogP) is 2.70. The molecule has 20 heavy (non-hydrogen) atoms. The van der Waals surface area contributed by atoms with Crippen LogP contribution in [0.3, 0.4) is 0 Å². The van der Waals surface area contributed by atoms with Crippen LogP contribution in [0.2, 0.25) is 5.02 Å². The maximum absolute atomic E-state index is 12.1. The molecule has 0 spiro atoms. The van der Waals surface area contributed by atoms with Crippen LogP contribution in [0, 0.1) is 18.8 Å². The van der Waals surface area contributed by atoms with E-state index in [-0.39, 0.29) is 12.5 Å². The van der Waals surface area contributed by atoms with Crippen molar-refractivity contribution in [3.8, 4) is 11.8 Å². The van der Waals surface area contributed by atoms with Crippen molar-refractivity contribution in [1.82, 2.24) is 4.98 Å². The number of carbonyl (C=O) groups excluding carboxylic acids is 1. The van der Waals surface area contributed by atoms with Gasteiger partial charge in [0.15, 0.2) is 0 Å². The van der Waals surface area contributed by atoms with E-state index < -0.39 is 0 Å². The average molecular weight is 307 g/mol. The van der Waals surface area contributed by atoms with Crippen molar-refractivity contribution in [2.45, 2.75) is 6.92 Å². The second-order valence-corrected chi connectivity index (χ2v) is 5.14. The summed E-state index contributed by atoms with van der Waals surface area (Å²) in [5, 5.41) is 11.8. The molecule has 2 aromatic rings. The summed E-state index contributed by atoms with van der Waals surface area (Å²) in [7, 11) is 0. The van der Waals surface area contributed by atoms with E-state index in [0.717, 1.165) is 0 Å². The van der Waals surface area contributed by atoms with Crippen molar-refractivity contribution < 1.29 is 9.90 Å². The zero-order valence-electron chi connectivity index (χ0n) is 10.6. The van der Waals surface area contributed by atoms with Gasteiger partial charge in [0.1, 0.15) is 11.5 Å². The van der Waals surface area contributed by atoms with E-state index in [0.29, 0.717) is 26.8 Å². The van der Waals surface area contributed by atoms with E-state index in [1.54, 1.807) is 30.6 Å². The van der Waals surface area contributed by atoms with Crippen LogP contribution in [-0.4, -0.2) is 22.6 Å². The first-order valence-corrected chi connectivity index (χ1v) is 6.98. The Balaban J connectivity index is 2.25. The van der Waals surface area contributed by atoms with E-state index in [9.17, 15) is 4.79 Å². The third kappa shape index (κ3) is 3.36. The first-order valence-electron chi connectivity index (χ1n) is 5.72. The molecule has 4 nitrogen and oxygen atoms in total. The Hall–Kier alpha value is -1.87. The molecule has 0 bridgehead atoms. The van der Waals surface area contributed by atoms with Crippen molar-refractivity contribution in [2.75, 3.05) is 11.9 Å². The zero-order valence-corrected chi connectivity index (χ0v) is 12.2. The predicted molar refractivity (Wildman–Crippen MR) is 80.2 cm³/mol. The monoisotopic (exact) mass is 306 g/mol. The smallest absolute Gasteiger partial charge is 0.267 e. The third-order valence-corrected chi connectivity index (χ3v) is 3.74. The van der Waals surface area contributed by atoms with Gasteiger partial charge >= 0.3 is 0 Å². The van der Waals surface area contributed by atoms with E-state index in [4.69, 9.17) is 16.7 Å². The lowest BCUT2D eigenvalue weighted by atomic mass is 10.2. The Morgan fingerprint density at radius 2 is 2.35 bits per heavy atom. The number of benzene rings is 1. The molecular weight excluding hydrogens is 296 g/mol. The number of anilines is 1. The number of amides is 1. The summed E-state index contributed by atoms with van der Waals surface area (Å²) in [5.74, 6) is 5.05. The van der Waals surface area contributed by atoms with Crippen molar-refractivity contribution in [2.24, 2.45) is 0 Å². The zero-order chi connectivity index (χ0) is 14.5. The van der Waals surface area contributed by atoms with Gasteiger partial charge in [0.2, 0.25) is 0 Å². The fourth-order valence-corrected chi connectivity index (χ4v) is 2.40. The van der Waals surface area contributed by atoms with E-state index in [1.807, 2.05) is 0 Å². The minimum absolute atomic E-state index is 0.218. The lowest BCUT2D eigenvalue weighted by Crippen LogP contribution is -2.12. The van der Waals surface area contributed by atoms with Crippen LogP contribution >= 0.6 is 22.9 Å². The second kappa shape index (κ2) is 6.53. The molecule has 1 aromatic heterocycles. The number of hydrogen-bond acceptors (Lipinski definition) is 4. The van der Waals surface area contributed by atoms with Gasteiger partial charge in [-0.1, -0.05) is 23.4 Å². The molecule has 0 radical (unpaired) electrons. The lowest BCUT2D eigenvalue weighted by molar-refractivity contribution is 0.103. The highest BCUT2D eigenvalue weighted by Gasteiger charge is 2.13. The summed E-state index contributed by atoms with van der Waals surface area (Å²) in [6, 6.07) is 5.04. The lowest BCUT2D eigenvalue weighted by Gasteiger charge is -2.07. The van der Waals surface area contributed by atoms with Crippen molar-refractivity contribution in [1.29, 1.82) is 0 Å². The molecule has 1 heterocycles. The topological polar surface area (TPSA) is 62.2 Å². The van der Waals surface area contributed by atoms with Crippen LogP contribution < -0.4 is 5.32 Å². The average Bonchev–Trinajstić information content (AvgIpc) is 2.86. The largest absolute Gasteiger partial charge is 0.384 e. The minimum atomic E-state index is -0.251. The van der Waals surface area contributed by atoms with Crippen LogP contribution in [-0.2, 0) is 0 Å². The molecule has 0 aliphatic heterocycles. The first kappa shape index (κ1) is 14.5. The molecule has 102 valence electrons. The Bertz CT molecular complexity index is 701. The summed E-state index contributed by atoms with van der Waals surface area (Å²) >= 11 is 7.32. The molecule has 0 fully saturated rings. The number of thiazole rings is 1. The van der Waals surface area contributed by atoms with Gasteiger partial charge < -0.3 is 10.4 Å². The number of nitrogens with zero attached hydrogens (tertiary/aromatic N) is 1. The molecule has 2 N–H and O–H groups in total. The molecular formula is C14H11ClN2O2S. The van der Waals surface area contributed by atoms with E-state index >= 15 is 0 Å². The summed E-state index contributed by atoms with van der Waals surface area (Å²) in [6.07, 6.45) is 0. The highest BCUT2D eigenvalue weighted by molar-refractivity contribution is 7.12. The van der Waals surface area contributed by atoms with Gasteiger partial charge in [-0.05, 0) is 25.1 Å². The van der Waals surface area contributed by atoms with Gasteiger partial charge in [-0.15, -0.1) is 11.3 Å². The maximum Gasteiger partial charge on any atom is 0.267 e. The van der Waals surface area contributed by atoms with Crippen LogP contribution in [0.5, 0.6) is 0 Å². The number of rotatable bonds is 2. The second-order valence-electron chi connectivity index (χ2n) is 3.88. The van der Waals surface area contributed by atoms with Crippen LogP contribution in [0.25, 0.3) is 0 Å². The molecule has 6 heteroatoms. The fourth-order valence-electron chi connectivity index (χ4n) is 1.54. The third-order valence-electron chi connectivity index (χ3n) is 2.48. The van der Waals surface area contributed by atoms with Crippen LogP contribution in [0.15, 0.2) is 23.7 Å². The summed E-state index contributed by atoms with van der Waals surface area (Å²) in [5.41, 5.74) is 3.45. The highest BCUT2D eigenvalue weighted by Crippen LogP contribution is 2.24. The van der Waals surface area contributed by atoms with Crippen LogP contribution in [0.1, 0.15) is 20.9 Å².